The Labute approximate surface area is 173 Å². The summed E-state index contributed by atoms with van der Waals surface area (Å²) in [5.74, 6) is 0.795. The van der Waals surface area contributed by atoms with Crippen LogP contribution in [0, 0.1) is 6.57 Å². The molecule has 0 amide bonds. The van der Waals surface area contributed by atoms with Crippen molar-refractivity contribution in [1.82, 2.24) is 15.0 Å². The summed E-state index contributed by atoms with van der Waals surface area (Å²) in [6.45, 7) is 7.87. The minimum Gasteiger partial charge on any atom is -0.353 e. The smallest absolute Gasteiger partial charge is 0.187 e. The van der Waals surface area contributed by atoms with E-state index in [0.717, 1.165) is 5.56 Å². The van der Waals surface area contributed by atoms with Crippen LogP contribution in [0.5, 0.6) is 0 Å². The third kappa shape index (κ3) is 4.06. The molecule has 0 radical (unpaired) electrons. The summed E-state index contributed by atoms with van der Waals surface area (Å²) in [6.07, 6.45) is 4.83. The fourth-order valence-corrected chi connectivity index (χ4v) is 4.54. The van der Waals surface area contributed by atoms with Gasteiger partial charge in [-0.15, -0.1) is 0 Å². The van der Waals surface area contributed by atoms with Gasteiger partial charge in [0.1, 0.15) is 11.5 Å². The largest absolute Gasteiger partial charge is 0.353 e. The average Bonchev–Trinajstić information content (AvgIpc) is 2.74. The first-order valence-electron chi connectivity index (χ1n) is 8.87. The maximum Gasteiger partial charge on any atom is 0.187 e. The number of hydrogen-bond donors (Lipinski definition) is 0. The molecule has 0 bridgehead atoms. The van der Waals surface area contributed by atoms with Crippen molar-refractivity contribution < 1.29 is 8.42 Å². The molecule has 0 atom stereocenters. The zero-order valence-corrected chi connectivity index (χ0v) is 16.9. The first-order chi connectivity index (χ1) is 14.0. The van der Waals surface area contributed by atoms with Gasteiger partial charge in [0.05, 0.1) is 35.0 Å². The lowest BCUT2D eigenvalue weighted by atomic mass is 10.0. The quantitative estimate of drug-likeness (QED) is 0.596. The Bertz CT molecular complexity index is 1190. The lowest BCUT2D eigenvalue weighted by Crippen LogP contribution is -2.40. The monoisotopic (exact) mass is 425 g/mol. The molecule has 0 N–H and O–H groups in total. The van der Waals surface area contributed by atoms with E-state index in [0.29, 0.717) is 46.6 Å². The van der Waals surface area contributed by atoms with Crippen LogP contribution < -0.4 is 4.90 Å². The molecule has 0 saturated carbocycles. The van der Waals surface area contributed by atoms with E-state index < -0.39 is 9.84 Å². The molecule has 0 aliphatic carbocycles. The Morgan fingerprint density at radius 2 is 1.76 bits per heavy atom. The zero-order chi connectivity index (χ0) is 20.4. The molecule has 7 nitrogen and oxygen atoms in total. The predicted molar refractivity (Wildman–Crippen MR) is 113 cm³/mol. The van der Waals surface area contributed by atoms with Crippen LogP contribution in [-0.4, -0.2) is 48.0 Å². The maximum atomic E-state index is 11.7. The molecular formula is C20H16ClN5O2S. The molecule has 1 saturated heterocycles. The fourth-order valence-electron chi connectivity index (χ4n) is 3.13. The number of pyridine rings is 1. The summed E-state index contributed by atoms with van der Waals surface area (Å²) in [5.41, 5.74) is 3.24. The van der Waals surface area contributed by atoms with Crippen molar-refractivity contribution in [2.75, 3.05) is 29.5 Å². The first-order valence-corrected chi connectivity index (χ1v) is 11.1. The van der Waals surface area contributed by atoms with Crippen LogP contribution in [0.2, 0.25) is 5.02 Å². The molecular weight excluding hydrogens is 410 g/mol. The molecule has 3 aromatic rings. The first kappa shape index (κ1) is 19.3. The standard InChI is InChI=1S/C20H16ClN5O2S/c1-22-15-4-2-14(3-5-15)19-20(16-6-7-23-12-17(16)21)25-18(13-24-19)26-8-10-29(27,28)11-9-26/h2-7,12-13H,8-11H2. The van der Waals surface area contributed by atoms with Crippen LogP contribution in [0.25, 0.3) is 27.4 Å². The summed E-state index contributed by atoms with van der Waals surface area (Å²) in [5, 5.41) is 0.444. The third-order valence-electron chi connectivity index (χ3n) is 4.73. The fraction of sp³-hybridized carbons (Fsp3) is 0.200. The predicted octanol–water partition coefficient (Wildman–Crippen LogP) is 3.64. The molecule has 3 heterocycles. The maximum absolute atomic E-state index is 11.7. The van der Waals surface area contributed by atoms with Gasteiger partial charge in [-0.1, -0.05) is 35.9 Å². The molecule has 1 fully saturated rings. The third-order valence-corrected chi connectivity index (χ3v) is 6.64. The minimum atomic E-state index is -2.99. The van der Waals surface area contributed by atoms with E-state index in [1.54, 1.807) is 36.8 Å². The average molecular weight is 426 g/mol. The van der Waals surface area contributed by atoms with Gasteiger partial charge in [-0.2, -0.15) is 0 Å². The number of benzene rings is 1. The molecule has 1 aromatic carbocycles. The Kier molecular flexibility index (Phi) is 5.18. The van der Waals surface area contributed by atoms with Gasteiger partial charge in [0.2, 0.25) is 0 Å². The van der Waals surface area contributed by atoms with Crippen molar-refractivity contribution >= 4 is 32.9 Å². The van der Waals surface area contributed by atoms with Crippen LogP contribution in [0.15, 0.2) is 48.9 Å². The van der Waals surface area contributed by atoms with Crippen molar-refractivity contribution in [3.63, 3.8) is 0 Å². The Morgan fingerprint density at radius 3 is 2.41 bits per heavy atom. The van der Waals surface area contributed by atoms with Gasteiger partial charge in [0.15, 0.2) is 15.5 Å². The highest BCUT2D eigenvalue weighted by molar-refractivity contribution is 7.91. The van der Waals surface area contributed by atoms with Crippen molar-refractivity contribution in [2.24, 2.45) is 0 Å². The molecule has 4 rings (SSSR count). The van der Waals surface area contributed by atoms with Gasteiger partial charge >= 0.3 is 0 Å². The van der Waals surface area contributed by atoms with E-state index in [1.165, 1.54) is 0 Å². The summed E-state index contributed by atoms with van der Waals surface area (Å²) >= 11 is 6.38. The number of sulfone groups is 1. The molecule has 1 aliphatic rings. The van der Waals surface area contributed by atoms with Crippen LogP contribution in [0.4, 0.5) is 11.5 Å². The number of halogens is 1. The Balaban J connectivity index is 1.81. The van der Waals surface area contributed by atoms with Gasteiger partial charge in [-0.3, -0.25) is 9.97 Å². The second kappa shape index (κ2) is 7.78. The van der Waals surface area contributed by atoms with E-state index in [4.69, 9.17) is 23.2 Å². The highest BCUT2D eigenvalue weighted by atomic mass is 35.5. The molecule has 146 valence electrons. The van der Waals surface area contributed by atoms with E-state index in [-0.39, 0.29) is 11.5 Å². The second-order valence-corrected chi connectivity index (χ2v) is 9.29. The minimum absolute atomic E-state index is 0.0971. The molecule has 29 heavy (non-hydrogen) atoms. The van der Waals surface area contributed by atoms with Crippen LogP contribution in [0.1, 0.15) is 0 Å². The van der Waals surface area contributed by atoms with E-state index in [2.05, 4.69) is 14.8 Å². The normalized spacial score (nSPS) is 15.7. The number of aromatic nitrogens is 3. The molecule has 0 unspecified atom stereocenters. The number of rotatable bonds is 3. The van der Waals surface area contributed by atoms with Gasteiger partial charge in [-0.25, -0.2) is 18.2 Å². The van der Waals surface area contributed by atoms with Gasteiger partial charge < -0.3 is 4.90 Å². The van der Waals surface area contributed by atoms with Crippen LogP contribution >= 0.6 is 11.6 Å². The Morgan fingerprint density at radius 1 is 1.03 bits per heavy atom. The molecule has 1 aliphatic heterocycles. The van der Waals surface area contributed by atoms with Crippen molar-refractivity contribution in [1.29, 1.82) is 0 Å². The van der Waals surface area contributed by atoms with E-state index in [1.807, 2.05) is 17.0 Å². The summed E-state index contributed by atoms with van der Waals surface area (Å²) in [4.78, 5) is 18.8. The number of hydrogen-bond acceptors (Lipinski definition) is 6. The summed E-state index contributed by atoms with van der Waals surface area (Å²) < 4.78 is 23.5. The number of nitrogens with zero attached hydrogens (tertiary/aromatic N) is 5. The molecule has 0 spiro atoms. The molecule has 2 aromatic heterocycles. The molecule has 9 heteroatoms. The summed E-state index contributed by atoms with van der Waals surface area (Å²) in [7, 11) is -2.99. The van der Waals surface area contributed by atoms with E-state index >= 15 is 0 Å². The van der Waals surface area contributed by atoms with Crippen molar-refractivity contribution in [3.05, 3.63) is 65.4 Å². The lowest BCUT2D eigenvalue weighted by molar-refractivity contribution is 0.586. The number of anilines is 1. The van der Waals surface area contributed by atoms with Crippen molar-refractivity contribution in [2.45, 2.75) is 0 Å². The second-order valence-electron chi connectivity index (χ2n) is 6.58. The topological polar surface area (TPSA) is 80.4 Å². The van der Waals surface area contributed by atoms with Crippen LogP contribution in [-0.2, 0) is 9.84 Å². The Hall–Kier alpha value is -3.02. The SMILES string of the molecule is [C-]#[N+]c1ccc(-c2ncc(N3CCS(=O)(=O)CC3)nc2-c2ccncc2Cl)cc1. The lowest BCUT2D eigenvalue weighted by Gasteiger charge is -2.28. The van der Waals surface area contributed by atoms with Gasteiger partial charge in [-0.05, 0) is 11.6 Å². The van der Waals surface area contributed by atoms with E-state index in [9.17, 15) is 8.42 Å². The van der Waals surface area contributed by atoms with Gasteiger partial charge in [0, 0.05) is 31.0 Å². The van der Waals surface area contributed by atoms with Gasteiger partial charge in [0.25, 0.3) is 0 Å². The zero-order valence-electron chi connectivity index (χ0n) is 15.3. The van der Waals surface area contributed by atoms with Crippen LogP contribution in [0.3, 0.4) is 0 Å². The highest BCUT2D eigenvalue weighted by Gasteiger charge is 2.24. The highest BCUT2D eigenvalue weighted by Crippen LogP contribution is 2.35. The van der Waals surface area contributed by atoms with Crippen molar-refractivity contribution in [3.8, 4) is 22.5 Å². The summed E-state index contributed by atoms with van der Waals surface area (Å²) in [6, 6.07) is 8.87.